The third-order valence-corrected chi connectivity index (χ3v) is 4.82. The Kier molecular flexibility index (Phi) is 6.89. The first-order valence-corrected chi connectivity index (χ1v) is 9.98. The maximum Gasteiger partial charge on any atom is 0.319 e. The number of nitrogens with one attached hydrogen (secondary N) is 2. The van der Waals surface area contributed by atoms with E-state index in [9.17, 15) is 4.79 Å². The van der Waals surface area contributed by atoms with Gasteiger partial charge in [0.05, 0.1) is 12.1 Å². The molecular formula is C23H28N4O2. The highest BCUT2D eigenvalue weighted by Crippen LogP contribution is 2.22. The Bertz CT molecular complexity index is 970. The van der Waals surface area contributed by atoms with E-state index in [2.05, 4.69) is 40.4 Å². The minimum Gasteiger partial charge on any atom is -0.492 e. The molecule has 6 heteroatoms. The summed E-state index contributed by atoms with van der Waals surface area (Å²) in [6.07, 6.45) is 1.77. The smallest absolute Gasteiger partial charge is 0.319 e. The fourth-order valence-corrected chi connectivity index (χ4v) is 3.22. The SMILES string of the molecule is CCN(CC)c1ccc(NC(=O)NCCOc2ccc3ncccc3c2)c(C)c1. The van der Waals surface area contributed by atoms with Crippen LogP contribution in [-0.2, 0) is 0 Å². The first-order chi connectivity index (χ1) is 14.1. The monoisotopic (exact) mass is 392 g/mol. The standard InChI is InChI=1S/C23H28N4O2/c1-4-27(5-2)19-8-10-21(17(3)15-19)26-23(28)25-13-14-29-20-9-11-22-18(16-20)7-6-12-24-22/h6-12,15-16H,4-5,13-14H2,1-3H3,(H2,25,26,28). The molecule has 152 valence electrons. The Hall–Kier alpha value is -3.28. The molecule has 0 saturated carbocycles. The lowest BCUT2D eigenvalue weighted by molar-refractivity contribution is 0.247. The van der Waals surface area contributed by atoms with Crippen molar-refractivity contribution in [2.45, 2.75) is 20.8 Å². The number of hydrogen-bond donors (Lipinski definition) is 2. The predicted molar refractivity (Wildman–Crippen MR) is 119 cm³/mol. The van der Waals surface area contributed by atoms with Crippen molar-refractivity contribution in [1.82, 2.24) is 10.3 Å². The number of carbonyl (C=O) groups excluding carboxylic acids is 1. The Labute approximate surface area is 171 Å². The minimum absolute atomic E-state index is 0.241. The van der Waals surface area contributed by atoms with Gasteiger partial charge < -0.3 is 20.3 Å². The molecule has 0 aliphatic carbocycles. The van der Waals surface area contributed by atoms with Gasteiger partial charge in [-0.3, -0.25) is 4.98 Å². The maximum absolute atomic E-state index is 12.2. The van der Waals surface area contributed by atoms with Crippen LogP contribution in [0.25, 0.3) is 10.9 Å². The Morgan fingerprint density at radius 1 is 1.10 bits per heavy atom. The average Bonchev–Trinajstić information content (AvgIpc) is 2.74. The molecule has 0 unspecified atom stereocenters. The summed E-state index contributed by atoms with van der Waals surface area (Å²) in [5, 5.41) is 6.76. The van der Waals surface area contributed by atoms with E-state index in [1.807, 2.05) is 49.4 Å². The number of anilines is 2. The molecule has 3 rings (SSSR count). The molecular weight excluding hydrogens is 364 g/mol. The molecule has 0 fully saturated rings. The fraction of sp³-hybridized carbons (Fsp3) is 0.304. The maximum atomic E-state index is 12.2. The molecule has 2 amide bonds. The summed E-state index contributed by atoms with van der Waals surface area (Å²) >= 11 is 0. The van der Waals surface area contributed by atoms with Crippen LogP contribution in [-0.4, -0.2) is 37.3 Å². The molecule has 0 aliphatic heterocycles. The van der Waals surface area contributed by atoms with Crippen molar-refractivity contribution in [3.63, 3.8) is 0 Å². The summed E-state index contributed by atoms with van der Waals surface area (Å²) in [4.78, 5) is 18.8. The van der Waals surface area contributed by atoms with Crippen LogP contribution >= 0.6 is 0 Å². The second-order valence-electron chi connectivity index (χ2n) is 6.76. The van der Waals surface area contributed by atoms with Crippen LogP contribution in [0.4, 0.5) is 16.2 Å². The van der Waals surface area contributed by atoms with Crippen molar-refractivity contribution in [2.24, 2.45) is 0 Å². The molecule has 6 nitrogen and oxygen atoms in total. The molecule has 2 aromatic carbocycles. The molecule has 0 atom stereocenters. The number of fused-ring (bicyclic) bond motifs is 1. The van der Waals surface area contributed by atoms with Gasteiger partial charge in [-0.05, 0) is 68.8 Å². The van der Waals surface area contributed by atoms with Crippen molar-refractivity contribution in [2.75, 3.05) is 36.5 Å². The van der Waals surface area contributed by atoms with Gasteiger partial charge in [-0.15, -0.1) is 0 Å². The van der Waals surface area contributed by atoms with Gasteiger partial charge >= 0.3 is 6.03 Å². The molecule has 1 heterocycles. The van der Waals surface area contributed by atoms with Crippen LogP contribution in [0.2, 0.25) is 0 Å². The van der Waals surface area contributed by atoms with Crippen LogP contribution in [0.5, 0.6) is 5.75 Å². The predicted octanol–water partition coefficient (Wildman–Crippen LogP) is 4.59. The van der Waals surface area contributed by atoms with Crippen LogP contribution in [0.15, 0.2) is 54.7 Å². The van der Waals surface area contributed by atoms with Gasteiger partial charge in [0.1, 0.15) is 12.4 Å². The van der Waals surface area contributed by atoms with Gasteiger partial charge in [0.15, 0.2) is 0 Å². The summed E-state index contributed by atoms with van der Waals surface area (Å²) in [7, 11) is 0. The normalized spacial score (nSPS) is 10.6. The van der Waals surface area contributed by atoms with E-state index in [1.165, 1.54) is 0 Å². The number of urea groups is 1. The second kappa shape index (κ2) is 9.78. The molecule has 29 heavy (non-hydrogen) atoms. The quantitative estimate of drug-likeness (QED) is 0.550. The molecule has 0 radical (unpaired) electrons. The lowest BCUT2D eigenvalue weighted by atomic mass is 10.1. The van der Waals surface area contributed by atoms with Crippen LogP contribution in [0, 0.1) is 6.92 Å². The lowest BCUT2D eigenvalue weighted by Crippen LogP contribution is -2.32. The Morgan fingerprint density at radius 3 is 2.69 bits per heavy atom. The molecule has 0 aliphatic rings. The summed E-state index contributed by atoms with van der Waals surface area (Å²) in [6, 6.07) is 15.5. The van der Waals surface area contributed by atoms with Crippen molar-refractivity contribution in [1.29, 1.82) is 0 Å². The summed E-state index contributed by atoms with van der Waals surface area (Å²) in [5.41, 5.74) is 3.93. The number of pyridine rings is 1. The number of hydrogen-bond acceptors (Lipinski definition) is 4. The van der Waals surface area contributed by atoms with E-state index in [4.69, 9.17) is 4.74 Å². The fourth-order valence-electron chi connectivity index (χ4n) is 3.22. The molecule has 1 aromatic heterocycles. The zero-order valence-electron chi connectivity index (χ0n) is 17.2. The second-order valence-corrected chi connectivity index (χ2v) is 6.76. The topological polar surface area (TPSA) is 66.5 Å². The van der Waals surface area contributed by atoms with Gasteiger partial charge in [-0.1, -0.05) is 6.07 Å². The number of aromatic nitrogens is 1. The Balaban J connectivity index is 1.47. The first-order valence-electron chi connectivity index (χ1n) is 9.98. The highest BCUT2D eigenvalue weighted by Gasteiger charge is 2.08. The van der Waals surface area contributed by atoms with Gasteiger partial charge in [-0.2, -0.15) is 0 Å². The number of carbonyl (C=O) groups is 1. The highest BCUT2D eigenvalue weighted by atomic mass is 16.5. The number of benzene rings is 2. The molecule has 0 saturated heterocycles. The first kappa shape index (κ1) is 20.5. The molecule has 3 aromatic rings. The van der Waals surface area contributed by atoms with E-state index in [1.54, 1.807) is 6.20 Å². The molecule has 2 N–H and O–H groups in total. The minimum atomic E-state index is -0.241. The van der Waals surface area contributed by atoms with Crippen LogP contribution in [0.1, 0.15) is 19.4 Å². The van der Waals surface area contributed by atoms with Gasteiger partial charge in [0.25, 0.3) is 0 Å². The average molecular weight is 393 g/mol. The van der Waals surface area contributed by atoms with Crippen LogP contribution in [0.3, 0.4) is 0 Å². The third kappa shape index (κ3) is 5.38. The number of ether oxygens (including phenoxy) is 1. The summed E-state index contributed by atoms with van der Waals surface area (Å²) < 4.78 is 5.73. The molecule has 0 bridgehead atoms. The van der Waals surface area contributed by atoms with Crippen molar-refractivity contribution >= 4 is 28.3 Å². The number of nitrogens with zero attached hydrogens (tertiary/aromatic N) is 2. The van der Waals surface area contributed by atoms with Crippen molar-refractivity contribution in [3.05, 3.63) is 60.3 Å². The lowest BCUT2D eigenvalue weighted by Gasteiger charge is -2.22. The van der Waals surface area contributed by atoms with Gasteiger partial charge in [0, 0.05) is 36.0 Å². The number of aryl methyl sites for hydroxylation is 1. The highest BCUT2D eigenvalue weighted by molar-refractivity contribution is 5.90. The van der Waals surface area contributed by atoms with E-state index < -0.39 is 0 Å². The third-order valence-electron chi connectivity index (χ3n) is 4.82. The largest absolute Gasteiger partial charge is 0.492 e. The van der Waals surface area contributed by atoms with E-state index in [0.29, 0.717) is 13.2 Å². The van der Waals surface area contributed by atoms with E-state index in [0.717, 1.165) is 46.7 Å². The zero-order valence-corrected chi connectivity index (χ0v) is 17.2. The van der Waals surface area contributed by atoms with Crippen LogP contribution < -0.4 is 20.3 Å². The van der Waals surface area contributed by atoms with Gasteiger partial charge in [-0.25, -0.2) is 4.79 Å². The summed E-state index contributed by atoms with van der Waals surface area (Å²) in [5.74, 6) is 0.760. The van der Waals surface area contributed by atoms with Crippen molar-refractivity contribution < 1.29 is 9.53 Å². The van der Waals surface area contributed by atoms with Gasteiger partial charge in [0.2, 0.25) is 0 Å². The summed E-state index contributed by atoms with van der Waals surface area (Å²) in [6.45, 7) is 8.98. The molecule has 0 spiro atoms. The van der Waals surface area contributed by atoms with E-state index in [-0.39, 0.29) is 6.03 Å². The number of rotatable bonds is 8. The zero-order chi connectivity index (χ0) is 20.6. The van der Waals surface area contributed by atoms with E-state index >= 15 is 0 Å². The number of amides is 2. The Morgan fingerprint density at radius 2 is 1.93 bits per heavy atom. The van der Waals surface area contributed by atoms with Crippen molar-refractivity contribution in [3.8, 4) is 5.75 Å².